The summed E-state index contributed by atoms with van der Waals surface area (Å²) in [6.45, 7) is 0. The third-order valence-electron chi connectivity index (χ3n) is 5.69. The van der Waals surface area contributed by atoms with Crippen LogP contribution in [0.3, 0.4) is 0 Å². The van der Waals surface area contributed by atoms with Crippen molar-refractivity contribution >= 4 is 6.29 Å². The van der Waals surface area contributed by atoms with E-state index < -0.39 is 0 Å². The van der Waals surface area contributed by atoms with Crippen LogP contribution in [0, 0.1) is 0 Å². The quantitative estimate of drug-likeness (QED) is 0.397. The minimum Gasteiger partial charge on any atom is -0.299 e. The third kappa shape index (κ3) is 2.68. The molecule has 2 aliphatic carbocycles. The van der Waals surface area contributed by atoms with Gasteiger partial charge in [-0.1, -0.05) is 79.1 Å². The fourth-order valence-electron chi connectivity index (χ4n) is 4.58. The molecular weight excluding hydrogens is 304 g/mol. The maximum Gasteiger partial charge on any atom is 0.143 e. The first-order chi connectivity index (χ1) is 12.4. The van der Waals surface area contributed by atoms with Gasteiger partial charge in [0.25, 0.3) is 0 Å². The number of benzene rings is 2. The molecule has 0 bridgehead atoms. The van der Waals surface area contributed by atoms with Crippen LogP contribution in [-0.4, -0.2) is 6.29 Å². The molecule has 0 heterocycles. The van der Waals surface area contributed by atoms with Crippen molar-refractivity contribution in [3.63, 3.8) is 0 Å². The number of aldehydes is 1. The Morgan fingerprint density at radius 1 is 0.720 bits per heavy atom. The Labute approximate surface area is 150 Å². The molecule has 4 rings (SSSR count). The number of hydrogen-bond acceptors (Lipinski definition) is 1. The number of carbonyl (C=O) groups is 1. The Kier molecular flexibility index (Phi) is 4.40. The minimum absolute atomic E-state index is 0.219. The molecule has 126 valence electrons. The van der Waals surface area contributed by atoms with Crippen molar-refractivity contribution in [2.45, 2.75) is 43.9 Å². The van der Waals surface area contributed by atoms with Gasteiger partial charge < -0.3 is 0 Å². The van der Waals surface area contributed by atoms with Crippen molar-refractivity contribution in [1.82, 2.24) is 0 Å². The van der Waals surface area contributed by atoms with Crippen molar-refractivity contribution < 1.29 is 4.79 Å². The zero-order chi connectivity index (χ0) is 17.1. The molecule has 0 saturated heterocycles. The lowest BCUT2D eigenvalue weighted by atomic mass is 9.85. The zero-order valence-electron chi connectivity index (χ0n) is 14.6. The summed E-state index contributed by atoms with van der Waals surface area (Å²) >= 11 is 0. The Morgan fingerprint density at radius 2 is 1.24 bits per heavy atom. The highest BCUT2D eigenvalue weighted by Crippen LogP contribution is 2.65. The molecule has 2 saturated carbocycles. The van der Waals surface area contributed by atoms with E-state index in [1.54, 1.807) is 11.6 Å². The van der Waals surface area contributed by atoms with Crippen LogP contribution >= 0.6 is 0 Å². The van der Waals surface area contributed by atoms with Gasteiger partial charge in [-0.15, -0.1) is 0 Å². The first kappa shape index (κ1) is 16.1. The normalized spacial score (nSPS) is 21.0. The van der Waals surface area contributed by atoms with Gasteiger partial charge >= 0.3 is 0 Å². The SMILES string of the molecule is O=C/C=C1/C(=C2CCCCCC2)C1(c1ccccc1)c1ccccc1. The number of carbonyl (C=O) groups excluding carboxylic acids is 1. The first-order valence-electron chi connectivity index (χ1n) is 9.39. The second-order valence-corrected chi connectivity index (χ2v) is 7.09. The highest BCUT2D eigenvalue weighted by molar-refractivity contribution is 5.86. The van der Waals surface area contributed by atoms with Crippen molar-refractivity contribution in [2.24, 2.45) is 0 Å². The lowest BCUT2D eigenvalue weighted by Crippen LogP contribution is -2.10. The van der Waals surface area contributed by atoms with E-state index in [1.165, 1.54) is 60.8 Å². The minimum atomic E-state index is -0.219. The maximum atomic E-state index is 11.4. The molecule has 0 spiro atoms. The summed E-state index contributed by atoms with van der Waals surface area (Å²) in [5.74, 6) is 0. The summed E-state index contributed by atoms with van der Waals surface area (Å²) in [6.07, 6.45) is 10.3. The molecule has 0 amide bonds. The molecule has 0 aliphatic heterocycles. The van der Waals surface area contributed by atoms with Gasteiger partial charge in [0.2, 0.25) is 0 Å². The lowest BCUT2D eigenvalue weighted by Gasteiger charge is -2.17. The summed E-state index contributed by atoms with van der Waals surface area (Å²) in [5.41, 5.74) is 6.53. The Bertz CT molecular complexity index is 762. The molecule has 0 aromatic heterocycles. The molecule has 2 aromatic rings. The van der Waals surface area contributed by atoms with E-state index in [1.807, 2.05) is 0 Å². The van der Waals surface area contributed by atoms with Gasteiger partial charge in [-0.2, -0.15) is 0 Å². The molecule has 2 aromatic carbocycles. The fraction of sp³-hybridized carbons (Fsp3) is 0.292. The predicted octanol–water partition coefficient (Wildman–Crippen LogP) is 5.76. The molecule has 0 radical (unpaired) electrons. The van der Waals surface area contributed by atoms with Gasteiger partial charge in [-0.05, 0) is 54.0 Å². The standard InChI is InChI=1S/C24H24O/c25-18-17-22-23(19-11-5-1-2-6-12-19)24(22,20-13-7-3-8-14-20)21-15-9-4-10-16-21/h3-4,7-10,13-18H,1-2,5-6,11-12H2/b22-17-. The van der Waals surface area contributed by atoms with Crippen LogP contribution in [0.1, 0.15) is 49.7 Å². The highest BCUT2D eigenvalue weighted by Gasteiger charge is 2.58. The molecule has 1 nitrogen and oxygen atoms in total. The molecule has 0 N–H and O–H groups in total. The van der Waals surface area contributed by atoms with Crippen molar-refractivity contribution in [3.8, 4) is 0 Å². The summed E-state index contributed by atoms with van der Waals surface area (Å²) in [7, 11) is 0. The van der Waals surface area contributed by atoms with E-state index in [2.05, 4.69) is 60.7 Å². The monoisotopic (exact) mass is 328 g/mol. The van der Waals surface area contributed by atoms with Crippen LogP contribution in [0.5, 0.6) is 0 Å². The molecule has 1 heteroatoms. The van der Waals surface area contributed by atoms with Crippen molar-refractivity contribution in [2.75, 3.05) is 0 Å². The third-order valence-corrected chi connectivity index (χ3v) is 5.69. The summed E-state index contributed by atoms with van der Waals surface area (Å²) in [4.78, 5) is 11.4. The topological polar surface area (TPSA) is 17.1 Å². The molecule has 2 aliphatic rings. The van der Waals surface area contributed by atoms with Crippen molar-refractivity contribution in [1.29, 1.82) is 0 Å². The summed E-state index contributed by atoms with van der Waals surface area (Å²) in [6, 6.07) is 21.4. The molecule has 0 unspecified atom stereocenters. The number of hydrogen-bond donors (Lipinski definition) is 0. The first-order valence-corrected chi connectivity index (χ1v) is 9.39. The smallest absolute Gasteiger partial charge is 0.143 e. The van der Waals surface area contributed by atoms with Crippen LogP contribution in [0.4, 0.5) is 0 Å². The van der Waals surface area contributed by atoms with Crippen LogP contribution < -0.4 is 0 Å². The lowest BCUT2D eigenvalue weighted by molar-refractivity contribution is -0.104. The fourth-order valence-corrected chi connectivity index (χ4v) is 4.58. The molecular formula is C24H24O. The molecule has 0 atom stereocenters. The highest BCUT2D eigenvalue weighted by atomic mass is 16.1. The Balaban J connectivity index is 1.95. The average Bonchev–Trinajstić information content (AvgIpc) is 3.39. The van der Waals surface area contributed by atoms with Crippen LogP contribution in [0.15, 0.2) is 83.5 Å². The Morgan fingerprint density at radius 3 is 1.72 bits per heavy atom. The van der Waals surface area contributed by atoms with E-state index in [0.717, 1.165) is 6.29 Å². The van der Waals surface area contributed by atoms with E-state index in [9.17, 15) is 4.79 Å². The second kappa shape index (κ2) is 6.84. The summed E-state index contributed by atoms with van der Waals surface area (Å²) < 4.78 is 0. The second-order valence-electron chi connectivity index (χ2n) is 7.09. The Hall–Kier alpha value is -2.41. The van der Waals surface area contributed by atoms with Gasteiger partial charge in [-0.3, -0.25) is 4.79 Å². The van der Waals surface area contributed by atoms with Crippen molar-refractivity contribution in [3.05, 3.63) is 94.6 Å². The van der Waals surface area contributed by atoms with Gasteiger partial charge in [0.1, 0.15) is 6.29 Å². The van der Waals surface area contributed by atoms with Gasteiger partial charge in [0, 0.05) is 0 Å². The number of rotatable bonds is 3. The maximum absolute atomic E-state index is 11.4. The average molecular weight is 328 g/mol. The van der Waals surface area contributed by atoms with E-state index in [4.69, 9.17) is 0 Å². The molecule has 2 fully saturated rings. The van der Waals surface area contributed by atoms with Gasteiger partial charge in [0.05, 0.1) is 5.41 Å². The molecule has 25 heavy (non-hydrogen) atoms. The van der Waals surface area contributed by atoms with Gasteiger partial charge in [-0.25, -0.2) is 0 Å². The summed E-state index contributed by atoms with van der Waals surface area (Å²) in [5, 5.41) is 0. The predicted molar refractivity (Wildman–Crippen MR) is 103 cm³/mol. The van der Waals surface area contributed by atoms with E-state index in [-0.39, 0.29) is 5.41 Å². The van der Waals surface area contributed by atoms with Crippen LogP contribution in [-0.2, 0) is 10.2 Å². The van der Waals surface area contributed by atoms with E-state index in [0.29, 0.717) is 0 Å². The van der Waals surface area contributed by atoms with Crippen LogP contribution in [0.25, 0.3) is 0 Å². The van der Waals surface area contributed by atoms with Gasteiger partial charge in [0.15, 0.2) is 0 Å². The van der Waals surface area contributed by atoms with E-state index >= 15 is 0 Å². The van der Waals surface area contributed by atoms with Crippen LogP contribution in [0.2, 0.25) is 0 Å². The zero-order valence-corrected chi connectivity index (χ0v) is 14.6. The largest absolute Gasteiger partial charge is 0.299 e. The number of allylic oxidation sites excluding steroid dienone is 4.